The van der Waals surface area contributed by atoms with E-state index >= 15 is 0 Å². The number of anilines is 1. The summed E-state index contributed by atoms with van der Waals surface area (Å²) in [6, 6.07) is 1.92. The van der Waals surface area contributed by atoms with E-state index in [4.69, 9.17) is 0 Å². The lowest BCUT2D eigenvalue weighted by molar-refractivity contribution is 0.0735. The van der Waals surface area contributed by atoms with Crippen LogP contribution in [0.25, 0.3) is 11.2 Å². The number of rotatable bonds is 4. The zero-order chi connectivity index (χ0) is 19.0. The highest BCUT2D eigenvalue weighted by atomic mass is 16.2. The van der Waals surface area contributed by atoms with E-state index in [-0.39, 0.29) is 5.91 Å². The first-order valence-electron chi connectivity index (χ1n) is 9.24. The number of carbonyl (C=O) groups excluding carboxylic acids is 1. The van der Waals surface area contributed by atoms with E-state index in [0.29, 0.717) is 43.4 Å². The van der Waals surface area contributed by atoms with Gasteiger partial charge < -0.3 is 14.8 Å². The molecule has 9 nitrogen and oxygen atoms in total. The molecule has 1 amide bonds. The molecule has 0 atom stereocenters. The van der Waals surface area contributed by atoms with E-state index in [9.17, 15) is 4.79 Å². The van der Waals surface area contributed by atoms with E-state index in [1.54, 1.807) is 11.0 Å². The topological polar surface area (TPSA) is 95.8 Å². The molecule has 0 aliphatic carbocycles. The van der Waals surface area contributed by atoms with Gasteiger partial charge in [0.25, 0.3) is 5.91 Å². The number of aryl methyl sites for hydroxylation is 1. The van der Waals surface area contributed by atoms with Gasteiger partial charge in [-0.05, 0) is 18.4 Å². The van der Waals surface area contributed by atoms with Crippen LogP contribution >= 0.6 is 0 Å². The van der Waals surface area contributed by atoms with Gasteiger partial charge in [0, 0.05) is 33.2 Å². The van der Waals surface area contributed by atoms with Crippen LogP contribution in [0.5, 0.6) is 0 Å². The van der Waals surface area contributed by atoms with Crippen molar-refractivity contribution in [2.45, 2.75) is 20.3 Å². The van der Waals surface area contributed by atoms with Crippen molar-refractivity contribution < 1.29 is 4.79 Å². The number of carbonyl (C=O) groups is 1. The number of piperazine rings is 1. The minimum absolute atomic E-state index is 0.0361. The second kappa shape index (κ2) is 6.98. The first-order valence-corrected chi connectivity index (χ1v) is 9.24. The lowest BCUT2D eigenvalue weighted by Gasteiger charge is -2.35. The summed E-state index contributed by atoms with van der Waals surface area (Å²) in [5, 5.41) is 4.49. The zero-order valence-electron chi connectivity index (χ0n) is 15.9. The van der Waals surface area contributed by atoms with Crippen molar-refractivity contribution in [3.05, 3.63) is 30.1 Å². The van der Waals surface area contributed by atoms with Gasteiger partial charge in [-0.2, -0.15) is 5.10 Å². The Bertz CT molecular complexity index is 951. The maximum Gasteiger partial charge on any atom is 0.272 e. The molecule has 3 aromatic rings. The summed E-state index contributed by atoms with van der Waals surface area (Å²) in [5.41, 5.74) is 3.11. The summed E-state index contributed by atoms with van der Waals surface area (Å²) < 4.78 is 1.70. The second-order valence-electron chi connectivity index (χ2n) is 7.32. The van der Waals surface area contributed by atoms with Gasteiger partial charge in [-0.3, -0.25) is 9.48 Å². The summed E-state index contributed by atoms with van der Waals surface area (Å²) in [6.07, 6.45) is 4.03. The molecule has 0 spiro atoms. The Hall–Kier alpha value is -2.97. The summed E-state index contributed by atoms with van der Waals surface area (Å²) in [6.45, 7) is 7.02. The number of aromatic amines is 1. The third kappa shape index (κ3) is 3.36. The Morgan fingerprint density at radius 3 is 2.70 bits per heavy atom. The largest absolute Gasteiger partial charge is 0.351 e. The molecule has 1 aliphatic heterocycles. The van der Waals surface area contributed by atoms with Crippen LogP contribution < -0.4 is 4.90 Å². The van der Waals surface area contributed by atoms with Crippen LogP contribution in [0.1, 0.15) is 30.0 Å². The van der Waals surface area contributed by atoms with Crippen molar-refractivity contribution in [2.75, 3.05) is 31.1 Å². The van der Waals surface area contributed by atoms with Gasteiger partial charge in [0.15, 0.2) is 11.5 Å². The SMILES string of the molecule is CC(C)Cc1cc(C(=O)N2CCN(c3ncnc4nc[nH]c34)CC2)n(C)n1. The fourth-order valence-corrected chi connectivity index (χ4v) is 3.52. The molecule has 4 rings (SSSR count). The number of nitrogens with one attached hydrogen (secondary N) is 1. The fraction of sp³-hybridized carbons (Fsp3) is 0.500. The number of aromatic nitrogens is 6. The smallest absolute Gasteiger partial charge is 0.272 e. The molecular weight excluding hydrogens is 344 g/mol. The van der Waals surface area contributed by atoms with Gasteiger partial charge >= 0.3 is 0 Å². The number of imidazole rings is 1. The molecule has 142 valence electrons. The first kappa shape index (κ1) is 17.4. The Balaban J connectivity index is 1.45. The summed E-state index contributed by atoms with van der Waals surface area (Å²) in [5.74, 6) is 1.39. The monoisotopic (exact) mass is 368 g/mol. The van der Waals surface area contributed by atoms with Crippen LogP contribution in [0.15, 0.2) is 18.7 Å². The van der Waals surface area contributed by atoms with Crippen molar-refractivity contribution >= 4 is 22.9 Å². The van der Waals surface area contributed by atoms with Gasteiger partial charge in [-0.1, -0.05) is 13.8 Å². The normalized spacial score (nSPS) is 15.1. The average Bonchev–Trinajstić information content (AvgIpc) is 3.27. The number of H-pyrrole nitrogens is 1. The van der Waals surface area contributed by atoms with Gasteiger partial charge in [-0.15, -0.1) is 0 Å². The van der Waals surface area contributed by atoms with E-state index in [0.717, 1.165) is 23.4 Å². The van der Waals surface area contributed by atoms with Crippen LogP contribution in [0, 0.1) is 5.92 Å². The zero-order valence-corrected chi connectivity index (χ0v) is 15.9. The minimum Gasteiger partial charge on any atom is -0.351 e. The van der Waals surface area contributed by atoms with Crippen molar-refractivity contribution in [1.29, 1.82) is 0 Å². The Kier molecular flexibility index (Phi) is 4.51. The maximum atomic E-state index is 12.9. The second-order valence-corrected chi connectivity index (χ2v) is 7.32. The molecule has 0 radical (unpaired) electrons. The number of hydrogen-bond donors (Lipinski definition) is 1. The highest BCUT2D eigenvalue weighted by Gasteiger charge is 2.26. The number of fused-ring (bicyclic) bond motifs is 1. The summed E-state index contributed by atoms with van der Waals surface area (Å²) >= 11 is 0. The molecule has 9 heteroatoms. The maximum absolute atomic E-state index is 12.9. The van der Waals surface area contributed by atoms with Crippen LogP contribution in [-0.4, -0.2) is 66.7 Å². The van der Waals surface area contributed by atoms with Crippen molar-refractivity contribution in [3.8, 4) is 0 Å². The molecule has 0 unspecified atom stereocenters. The molecule has 0 aromatic carbocycles. The molecule has 1 N–H and O–H groups in total. The van der Waals surface area contributed by atoms with Gasteiger partial charge in [0.05, 0.1) is 12.0 Å². The Morgan fingerprint density at radius 1 is 1.19 bits per heavy atom. The molecular formula is C18H24N8O. The Morgan fingerprint density at radius 2 is 1.96 bits per heavy atom. The molecule has 0 saturated carbocycles. The molecule has 0 bridgehead atoms. The van der Waals surface area contributed by atoms with E-state index < -0.39 is 0 Å². The summed E-state index contributed by atoms with van der Waals surface area (Å²) in [4.78, 5) is 32.8. The predicted molar refractivity (Wildman–Crippen MR) is 102 cm³/mol. The third-order valence-corrected chi connectivity index (χ3v) is 4.84. The van der Waals surface area contributed by atoms with Crippen LogP contribution in [0.2, 0.25) is 0 Å². The van der Waals surface area contributed by atoms with Crippen molar-refractivity contribution in [2.24, 2.45) is 13.0 Å². The van der Waals surface area contributed by atoms with Crippen LogP contribution in [-0.2, 0) is 13.5 Å². The van der Waals surface area contributed by atoms with Gasteiger partial charge in [0.1, 0.15) is 17.5 Å². The number of nitrogens with zero attached hydrogens (tertiary/aromatic N) is 7. The standard InChI is InChI=1S/C18H24N8O/c1-12(2)8-13-9-14(24(3)23-13)18(27)26-6-4-25(5-7-26)17-15-16(20-10-19-15)21-11-22-17/h9-12H,4-8H2,1-3H3,(H,19,20,21,22). The highest BCUT2D eigenvalue weighted by Crippen LogP contribution is 2.21. The molecule has 27 heavy (non-hydrogen) atoms. The molecule has 1 fully saturated rings. The Labute approximate surface area is 157 Å². The lowest BCUT2D eigenvalue weighted by atomic mass is 10.1. The van der Waals surface area contributed by atoms with Crippen molar-refractivity contribution in [1.82, 2.24) is 34.6 Å². The quantitative estimate of drug-likeness (QED) is 0.744. The number of hydrogen-bond acceptors (Lipinski definition) is 6. The summed E-state index contributed by atoms with van der Waals surface area (Å²) in [7, 11) is 1.84. The van der Waals surface area contributed by atoms with E-state index in [2.05, 4.69) is 43.8 Å². The molecule has 4 heterocycles. The van der Waals surface area contributed by atoms with Crippen LogP contribution in [0.4, 0.5) is 5.82 Å². The number of amides is 1. The first-order chi connectivity index (χ1) is 13.0. The van der Waals surface area contributed by atoms with E-state index in [1.807, 2.05) is 18.0 Å². The van der Waals surface area contributed by atoms with Gasteiger partial charge in [-0.25, -0.2) is 15.0 Å². The predicted octanol–water partition coefficient (Wildman–Crippen LogP) is 1.25. The molecule has 1 saturated heterocycles. The lowest BCUT2D eigenvalue weighted by Crippen LogP contribution is -2.49. The van der Waals surface area contributed by atoms with Gasteiger partial charge in [0.2, 0.25) is 0 Å². The molecule has 3 aromatic heterocycles. The van der Waals surface area contributed by atoms with Crippen molar-refractivity contribution in [3.63, 3.8) is 0 Å². The molecule has 1 aliphatic rings. The fourth-order valence-electron chi connectivity index (χ4n) is 3.52. The minimum atomic E-state index is 0.0361. The third-order valence-electron chi connectivity index (χ3n) is 4.84. The highest BCUT2D eigenvalue weighted by molar-refractivity contribution is 5.93. The average molecular weight is 368 g/mol. The van der Waals surface area contributed by atoms with Crippen LogP contribution in [0.3, 0.4) is 0 Å². The van der Waals surface area contributed by atoms with E-state index in [1.165, 1.54) is 6.33 Å².